The normalized spacial score (nSPS) is 16.8. The van der Waals surface area contributed by atoms with E-state index in [4.69, 9.17) is 4.74 Å². The first-order chi connectivity index (χ1) is 10.5. The van der Waals surface area contributed by atoms with Gasteiger partial charge in [-0.05, 0) is 32.3 Å². The highest BCUT2D eigenvalue weighted by Gasteiger charge is 2.22. The van der Waals surface area contributed by atoms with Crippen LogP contribution in [0.5, 0.6) is 0 Å². The third kappa shape index (κ3) is 5.17. The van der Waals surface area contributed by atoms with E-state index in [9.17, 15) is 9.59 Å². The molecule has 0 spiro atoms. The number of hydrogen-bond donors (Lipinski definition) is 1. The molecule has 1 atom stereocenters. The molecule has 0 aromatic heterocycles. The number of aryl methyl sites for hydroxylation is 1. The van der Waals surface area contributed by atoms with Crippen LogP contribution in [0.15, 0.2) is 24.3 Å². The first-order valence-electron chi connectivity index (χ1n) is 8.10. The van der Waals surface area contributed by atoms with E-state index in [0.29, 0.717) is 0 Å². The second-order valence-corrected chi connectivity index (χ2v) is 6.14. The molecule has 0 heterocycles. The Kier molecular flexibility index (Phi) is 5.99. The first-order valence-corrected chi connectivity index (χ1v) is 8.10. The second kappa shape index (κ2) is 7.97. The number of benzene rings is 1. The number of rotatable bonds is 5. The van der Waals surface area contributed by atoms with Crippen LogP contribution in [-0.2, 0) is 20.7 Å². The van der Waals surface area contributed by atoms with Crippen molar-refractivity contribution in [1.82, 2.24) is 5.32 Å². The minimum atomic E-state index is -0.736. The van der Waals surface area contributed by atoms with Gasteiger partial charge in [-0.25, -0.2) is 0 Å². The van der Waals surface area contributed by atoms with Crippen LogP contribution in [0.1, 0.15) is 50.2 Å². The van der Waals surface area contributed by atoms with Crippen molar-refractivity contribution in [2.45, 2.75) is 64.5 Å². The molecule has 1 amide bonds. The third-order valence-electron chi connectivity index (χ3n) is 4.10. The standard InChI is InChI=1S/C18H25NO3/c1-13-8-10-15(11-9-13)12-17(20)22-14(2)18(21)19-16-6-4-3-5-7-16/h8-11,14,16H,3-7,12H2,1-2H3,(H,19,21)/t14-/m0/s1. The van der Waals surface area contributed by atoms with Gasteiger partial charge in [-0.1, -0.05) is 49.1 Å². The number of carbonyl (C=O) groups excluding carboxylic acids is 2. The van der Waals surface area contributed by atoms with Gasteiger partial charge < -0.3 is 10.1 Å². The summed E-state index contributed by atoms with van der Waals surface area (Å²) in [5.41, 5.74) is 2.05. The fourth-order valence-corrected chi connectivity index (χ4v) is 2.73. The van der Waals surface area contributed by atoms with Crippen LogP contribution in [-0.4, -0.2) is 24.0 Å². The average Bonchev–Trinajstić information content (AvgIpc) is 2.50. The lowest BCUT2D eigenvalue weighted by atomic mass is 9.95. The van der Waals surface area contributed by atoms with Crippen LogP contribution in [0, 0.1) is 6.92 Å². The number of hydrogen-bond acceptors (Lipinski definition) is 3. The van der Waals surface area contributed by atoms with Crippen molar-refractivity contribution < 1.29 is 14.3 Å². The molecule has 0 aliphatic heterocycles. The van der Waals surface area contributed by atoms with Gasteiger partial charge in [0.25, 0.3) is 5.91 Å². The van der Waals surface area contributed by atoms with E-state index in [0.717, 1.165) is 36.8 Å². The maximum Gasteiger partial charge on any atom is 0.311 e. The van der Waals surface area contributed by atoms with Crippen molar-refractivity contribution in [1.29, 1.82) is 0 Å². The zero-order valence-corrected chi connectivity index (χ0v) is 13.4. The van der Waals surface area contributed by atoms with Crippen molar-refractivity contribution >= 4 is 11.9 Å². The van der Waals surface area contributed by atoms with Gasteiger partial charge in [-0.15, -0.1) is 0 Å². The van der Waals surface area contributed by atoms with Crippen molar-refractivity contribution in [3.05, 3.63) is 35.4 Å². The average molecular weight is 303 g/mol. The highest BCUT2D eigenvalue weighted by Crippen LogP contribution is 2.17. The Morgan fingerprint density at radius 1 is 1.18 bits per heavy atom. The number of amides is 1. The Hall–Kier alpha value is -1.84. The van der Waals surface area contributed by atoms with Crippen LogP contribution in [0.4, 0.5) is 0 Å². The lowest BCUT2D eigenvalue weighted by molar-refractivity contribution is -0.154. The Morgan fingerprint density at radius 2 is 1.82 bits per heavy atom. The van der Waals surface area contributed by atoms with E-state index in [1.807, 2.05) is 31.2 Å². The molecule has 0 saturated heterocycles. The Balaban J connectivity index is 1.77. The molecule has 22 heavy (non-hydrogen) atoms. The minimum Gasteiger partial charge on any atom is -0.452 e. The summed E-state index contributed by atoms with van der Waals surface area (Å²) in [6, 6.07) is 7.97. The molecule has 4 heteroatoms. The Labute approximate surface area is 132 Å². The number of nitrogens with one attached hydrogen (secondary N) is 1. The quantitative estimate of drug-likeness (QED) is 0.851. The SMILES string of the molecule is Cc1ccc(CC(=O)O[C@@H](C)C(=O)NC2CCCCC2)cc1. The van der Waals surface area contributed by atoms with Gasteiger partial charge in [0.05, 0.1) is 6.42 Å². The van der Waals surface area contributed by atoms with Crippen LogP contribution in [0.3, 0.4) is 0 Å². The van der Waals surface area contributed by atoms with Crippen LogP contribution >= 0.6 is 0 Å². The third-order valence-corrected chi connectivity index (χ3v) is 4.10. The first kappa shape index (κ1) is 16.5. The molecular weight excluding hydrogens is 278 g/mol. The summed E-state index contributed by atoms with van der Waals surface area (Å²) in [5, 5.41) is 2.98. The summed E-state index contributed by atoms with van der Waals surface area (Å²) >= 11 is 0. The molecular formula is C18H25NO3. The highest BCUT2D eigenvalue weighted by molar-refractivity contribution is 5.84. The summed E-state index contributed by atoms with van der Waals surface area (Å²) in [4.78, 5) is 24.0. The van der Waals surface area contributed by atoms with Gasteiger partial charge >= 0.3 is 5.97 Å². The molecule has 1 aliphatic carbocycles. The summed E-state index contributed by atoms with van der Waals surface area (Å²) in [6.45, 7) is 3.63. The van der Waals surface area contributed by atoms with Gasteiger partial charge in [0.1, 0.15) is 0 Å². The summed E-state index contributed by atoms with van der Waals surface area (Å²) in [6.07, 6.45) is 5.07. The van der Waals surface area contributed by atoms with Gasteiger partial charge in [0.15, 0.2) is 6.10 Å². The largest absolute Gasteiger partial charge is 0.452 e. The zero-order valence-electron chi connectivity index (χ0n) is 13.4. The van der Waals surface area contributed by atoms with E-state index in [2.05, 4.69) is 5.32 Å². The van der Waals surface area contributed by atoms with Crippen LogP contribution in [0.25, 0.3) is 0 Å². The number of esters is 1. The zero-order chi connectivity index (χ0) is 15.9. The van der Waals surface area contributed by atoms with Crippen molar-refractivity contribution in [2.24, 2.45) is 0 Å². The van der Waals surface area contributed by atoms with Gasteiger partial charge in [0, 0.05) is 6.04 Å². The maximum absolute atomic E-state index is 12.1. The highest BCUT2D eigenvalue weighted by atomic mass is 16.5. The number of carbonyl (C=O) groups is 2. The monoisotopic (exact) mass is 303 g/mol. The molecule has 1 fully saturated rings. The summed E-state index contributed by atoms with van der Waals surface area (Å²) in [5.74, 6) is -0.556. The van der Waals surface area contributed by atoms with Gasteiger partial charge in [-0.3, -0.25) is 9.59 Å². The predicted octanol–water partition coefficient (Wildman–Crippen LogP) is 2.92. The molecule has 1 aromatic carbocycles. The van der Waals surface area contributed by atoms with E-state index < -0.39 is 6.10 Å². The molecule has 120 valence electrons. The molecule has 1 N–H and O–H groups in total. The Bertz CT molecular complexity index is 504. The molecule has 1 aromatic rings. The number of ether oxygens (including phenoxy) is 1. The van der Waals surface area contributed by atoms with Crippen molar-refractivity contribution in [2.75, 3.05) is 0 Å². The molecule has 0 radical (unpaired) electrons. The lowest BCUT2D eigenvalue weighted by Gasteiger charge is -2.24. The molecule has 4 nitrogen and oxygen atoms in total. The fraction of sp³-hybridized carbons (Fsp3) is 0.556. The molecule has 0 bridgehead atoms. The molecule has 1 saturated carbocycles. The van der Waals surface area contributed by atoms with E-state index in [1.165, 1.54) is 6.42 Å². The van der Waals surface area contributed by atoms with Crippen molar-refractivity contribution in [3.63, 3.8) is 0 Å². The van der Waals surface area contributed by atoms with Crippen LogP contribution < -0.4 is 5.32 Å². The van der Waals surface area contributed by atoms with Crippen LogP contribution in [0.2, 0.25) is 0 Å². The van der Waals surface area contributed by atoms with Gasteiger partial charge in [0.2, 0.25) is 0 Å². The minimum absolute atomic E-state index is 0.191. The fourth-order valence-electron chi connectivity index (χ4n) is 2.73. The van der Waals surface area contributed by atoms with E-state index in [-0.39, 0.29) is 24.3 Å². The Morgan fingerprint density at radius 3 is 2.45 bits per heavy atom. The molecule has 1 aliphatic rings. The maximum atomic E-state index is 12.1. The van der Waals surface area contributed by atoms with E-state index >= 15 is 0 Å². The summed E-state index contributed by atoms with van der Waals surface area (Å²) < 4.78 is 5.24. The molecule has 2 rings (SSSR count). The molecule has 0 unspecified atom stereocenters. The lowest BCUT2D eigenvalue weighted by Crippen LogP contribution is -2.42. The topological polar surface area (TPSA) is 55.4 Å². The predicted molar refractivity (Wildman–Crippen MR) is 85.5 cm³/mol. The smallest absolute Gasteiger partial charge is 0.311 e. The summed E-state index contributed by atoms with van der Waals surface area (Å²) in [7, 11) is 0. The second-order valence-electron chi connectivity index (χ2n) is 6.14. The van der Waals surface area contributed by atoms with Crippen molar-refractivity contribution in [3.8, 4) is 0 Å². The van der Waals surface area contributed by atoms with E-state index in [1.54, 1.807) is 6.92 Å². The van der Waals surface area contributed by atoms with Gasteiger partial charge in [-0.2, -0.15) is 0 Å².